The summed E-state index contributed by atoms with van der Waals surface area (Å²) in [6, 6.07) is 0.620. The number of ether oxygens (including phenoxy) is 1. The van der Waals surface area contributed by atoms with Crippen LogP contribution in [0.2, 0.25) is 0 Å². The molecule has 1 amide bonds. The summed E-state index contributed by atoms with van der Waals surface area (Å²) in [5.74, 6) is 0.269. The first-order valence-corrected chi connectivity index (χ1v) is 8.18. The monoisotopic (exact) mass is 289 g/mol. The van der Waals surface area contributed by atoms with Gasteiger partial charge < -0.3 is 14.2 Å². The summed E-state index contributed by atoms with van der Waals surface area (Å²) in [6.07, 6.45) is 11.1. The van der Waals surface area contributed by atoms with Crippen molar-refractivity contribution in [1.82, 2.24) is 14.5 Å². The second-order valence-corrected chi connectivity index (χ2v) is 6.72. The fraction of sp³-hybridized carbons (Fsp3) is 0.750. The molecule has 1 unspecified atom stereocenters. The van der Waals surface area contributed by atoms with Gasteiger partial charge in [0.05, 0.1) is 24.2 Å². The highest BCUT2D eigenvalue weighted by atomic mass is 16.5. The smallest absolute Gasteiger partial charge is 0.223 e. The molecule has 1 aromatic rings. The topological polar surface area (TPSA) is 47.4 Å². The van der Waals surface area contributed by atoms with Gasteiger partial charge in [-0.3, -0.25) is 4.79 Å². The highest BCUT2D eigenvalue weighted by Gasteiger charge is 2.38. The van der Waals surface area contributed by atoms with Gasteiger partial charge in [-0.05, 0) is 38.5 Å². The van der Waals surface area contributed by atoms with Gasteiger partial charge in [0.15, 0.2) is 0 Å². The third kappa shape index (κ3) is 2.59. The van der Waals surface area contributed by atoms with Crippen LogP contribution >= 0.6 is 0 Å². The summed E-state index contributed by atoms with van der Waals surface area (Å²) in [6.45, 7) is 2.38. The lowest BCUT2D eigenvalue weighted by Gasteiger charge is -2.26. The number of hydrogen-bond donors (Lipinski definition) is 0. The lowest BCUT2D eigenvalue weighted by Crippen LogP contribution is -2.32. The molecular weight excluding hydrogens is 266 g/mol. The van der Waals surface area contributed by atoms with Gasteiger partial charge in [0, 0.05) is 31.8 Å². The predicted molar refractivity (Wildman–Crippen MR) is 77.7 cm³/mol. The van der Waals surface area contributed by atoms with E-state index in [4.69, 9.17) is 4.74 Å². The van der Waals surface area contributed by atoms with Crippen LogP contribution in [0.1, 0.15) is 56.7 Å². The maximum atomic E-state index is 12.4. The highest BCUT2D eigenvalue weighted by molar-refractivity contribution is 5.76. The molecule has 1 aliphatic carbocycles. The zero-order valence-corrected chi connectivity index (χ0v) is 12.5. The van der Waals surface area contributed by atoms with Gasteiger partial charge >= 0.3 is 0 Å². The molecule has 114 valence electrons. The van der Waals surface area contributed by atoms with Gasteiger partial charge in [-0.15, -0.1) is 0 Å². The Kier molecular flexibility index (Phi) is 3.25. The third-order valence-electron chi connectivity index (χ3n) is 5.21. The normalized spacial score (nSPS) is 30.1. The van der Waals surface area contributed by atoms with Crippen LogP contribution < -0.4 is 0 Å². The summed E-state index contributed by atoms with van der Waals surface area (Å²) in [5.41, 5.74) is 1.16. The number of likely N-dealkylation sites (tertiary alicyclic amines) is 1. The second-order valence-electron chi connectivity index (χ2n) is 6.72. The number of imidazole rings is 1. The van der Waals surface area contributed by atoms with E-state index in [-0.39, 0.29) is 11.5 Å². The van der Waals surface area contributed by atoms with Crippen molar-refractivity contribution in [2.75, 3.05) is 13.2 Å². The van der Waals surface area contributed by atoms with Crippen molar-refractivity contribution in [3.05, 3.63) is 18.2 Å². The molecule has 5 nitrogen and oxygen atoms in total. The van der Waals surface area contributed by atoms with Crippen LogP contribution in [0, 0.1) is 0 Å². The zero-order chi connectivity index (χ0) is 14.3. The highest BCUT2D eigenvalue weighted by Crippen LogP contribution is 2.37. The Hall–Kier alpha value is -1.36. The molecule has 3 aliphatic rings. The molecule has 2 aliphatic heterocycles. The van der Waals surface area contributed by atoms with E-state index < -0.39 is 0 Å². The van der Waals surface area contributed by atoms with Crippen molar-refractivity contribution in [3.8, 4) is 0 Å². The van der Waals surface area contributed by atoms with Crippen molar-refractivity contribution < 1.29 is 9.53 Å². The van der Waals surface area contributed by atoms with E-state index in [0.717, 1.165) is 38.8 Å². The Morgan fingerprint density at radius 1 is 1.33 bits per heavy atom. The van der Waals surface area contributed by atoms with E-state index in [9.17, 15) is 4.79 Å². The molecule has 4 rings (SSSR count). The van der Waals surface area contributed by atoms with E-state index in [2.05, 4.69) is 9.55 Å². The fourth-order valence-corrected chi connectivity index (χ4v) is 3.73. The standard InChI is InChI=1S/C16H23N3O2/c20-15-4-6-16(5-1-9-21-16)7-8-18(15)11-14-10-17-12-19(14)13-2-3-13/h10,12-13H,1-9,11H2. The number of hydrogen-bond acceptors (Lipinski definition) is 3. The number of aromatic nitrogens is 2. The summed E-state index contributed by atoms with van der Waals surface area (Å²) >= 11 is 0. The molecule has 2 saturated heterocycles. The van der Waals surface area contributed by atoms with E-state index in [1.165, 1.54) is 18.5 Å². The Morgan fingerprint density at radius 2 is 2.24 bits per heavy atom. The molecule has 1 aromatic heterocycles. The van der Waals surface area contributed by atoms with E-state index in [1.54, 1.807) is 0 Å². The average Bonchev–Trinajstić information content (AvgIpc) is 3.09. The maximum Gasteiger partial charge on any atom is 0.223 e. The Balaban J connectivity index is 1.46. The molecule has 1 atom stereocenters. The Bertz CT molecular complexity index is 529. The molecule has 3 heterocycles. The van der Waals surface area contributed by atoms with Gasteiger partial charge in [-0.2, -0.15) is 0 Å². The average molecular weight is 289 g/mol. The van der Waals surface area contributed by atoms with Gasteiger partial charge in [0.25, 0.3) is 0 Å². The van der Waals surface area contributed by atoms with Crippen molar-refractivity contribution >= 4 is 5.91 Å². The molecule has 5 heteroatoms. The van der Waals surface area contributed by atoms with Gasteiger partial charge in [0.2, 0.25) is 5.91 Å². The predicted octanol–water partition coefficient (Wildman–Crippen LogP) is 2.28. The molecule has 0 radical (unpaired) electrons. The van der Waals surface area contributed by atoms with E-state index in [1.807, 2.05) is 17.4 Å². The minimum Gasteiger partial charge on any atom is -0.375 e. The van der Waals surface area contributed by atoms with Crippen LogP contribution in [0.3, 0.4) is 0 Å². The van der Waals surface area contributed by atoms with Crippen LogP contribution in [0.15, 0.2) is 12.5 Å². The minimum atomic E-state index is -0.0128. The second kappa shape index (κ2) is 5.13. The summed E-state index contributed by atoms with van der Waals surface area (Å²) < 4.78 is 8.22. The van der Waals surface area contributed by atoms with Crippen LogP contribution in [0.4, 0.5) is 0 Å². The molecule has 1 saturated carbocycles. The molecule has 1 spiro atoms. The zero-order valence-electron chi connectivity index (χ0n) is 12.5. The molecule has 0 bridgehead atoms. The Labute approximate surface area is 125 Å². The number of carbonyl (C=O) groups is 1. The fourth-order valence-electron chi connectivity index (χ4n) is 3.73. The van der Waals surface area contributed by atoms with Crippen LogP contribution in [0.25, 0.3) is 0 Å². The molecule has 0 N–H and O–H groups in total. The van der Waals surface area contributed by atoms with Crippen molar-refractivity contribution in [3.63, 3.8) is 0 Å². The quantitative estimate of drug-likeness (QED) is 0.857. The van der Waals surface area contributed by atoms with Crippen LogP contribution in [0.5, 0.6) is 0 Å². The summed E-state index contributed by atoms with van der Waals surface area (Å²) in [5, 5.41) is 0. The summed E-state index contributed by atoms with van der Waals surface area (Å²) in [7, 11) is 0. The first-order valence-electron chi connectivity index (χ1n) is 8.18. The molecule has 21 heavy (non-hydrogen) atoms. The molecule has 0 aromatic carbocycles. The molecular formula is C16H23N3O2. The van der Waals surface area contributed by atoms with Gasteiger partial charge in [-0.1, -0.05) is 0 Å². The minimum absolute atomic E-state index is 0.0128. The first-order chi connectivity index (χ1) is 10.3. The van der Waals surface area contributed by atoms with Gasteiger partial charge in [0.1, 0.15) is 0 Å². The maximum absolute atomic E-state index is 12.4. The summed E-state index contributed by atoms with van der Waals surface area (Å²) in [4.78, 5) is 18.7. The van der Waals surface area contributed by atoms with Gasteiger partial charge in [-0.25, -0.2) is 4.98 Å². The number of nitrogens with zero attached hydrogens (tertiary/aromatic N) is 3. The number of carbonyl (C=O) groups excluding carboxylic acids is 1. The van der Waals surface area contributed by atoms with Crippen molar-refractivity contribution in [2.24, 2.45) is 0 Å². The van der Waals surface area contributed by atoms with Crippen LogP contribution in [-0.2, 0) is 16.1 Å². The lowest BCUT2D eigenvalue weighted by molar-refractivity contribution is -0.131. The first kappa shape index (κ1) is 13.3. The lowest BCUT2D eigenvalue weighted by atomic mass is 9.92. The van der Waals surface area contributed by atoms with Crippen LogP contribution in [-0.4, -0.2) is 39.1 Å². The SMILES string of the molecule is O=C1CCC2(CCCO2)CCN1Cc1cncn1C1CC1. The molecule has 3 fully saturated rings. The third-order valence-corrected chi connectivity index (χ3v) is 5.21. The van der Waals surface area contributed by atoms with Crippen molar-refractivity contribution in [1.29, 1.82) is 0 Å². The largest absolute Gasteiger partial charge is 0.375 e. The van der Waals surface area contributed by atoms with E-state index >= 15 is 0 Å². The number of rotatable bonds is 3. The van der Waals surface area contributed by atoms with E-state index in [0.29, 0.717) is 19.0 Å². The number of amides is 1. The van der Waals surface area contributed by atoms with Crippen molar-refractivity contribution in [2.45, 2.75) is 63.1 Å². The Morgan fingerprint density at radius 3 is 3.00 bits per heavy atom.